The van der Waals surface area contributed by atoms with E-state index in [2.05, 4.69) is 29.2 Å². The maximum Gasteiger partial charge on any atom is 0.237 e. The van der Waals surface area contributed by atoms with Crippen LogP contribution >= 0.6 is 0 Å². The smallest absolute Gasteiger partial charge is 0.237 e. The molecule has 2 heterocycles. The number of likely N-dealkylation sites (N-methyl/N-ethyl adjacent to an activating group) is 1. The summed E-state index contributed by atoms with van der Waals surface area (Å²) in [6.07, 6.45) is 3.77. The van der Waals surface area contributed by atoms with E-state index in [1.807, 2.05) is 0 Å². The van der Waals surface area contributed by atoms with Gasteiger partial charge in [-0.3, -0.25) is 9.69 Å². The predicted molar refractivity (Wildman–Crippen MR) is 99.3 cm³/mol. The Morgan fingerprint density at radius 2 is 2.00 bits per heavy atom. The summed E-state index contributed by atoms with van der Waals surface area (Å²) in [6.45, 7) is 3.73. The monoisotopic (exact) mass is 363 g/mol. The molecule has 2 aliphatic rings. The summed E-state index contributed by atoms with van der Waals surface area (Å²) in [5.74, 6) is -0.118. The van der Waals surface area contributed by atoms with E-state index in [0.717, 1.165) is 51.0 Å². The van der Waals surface area contributed by atoms with Crippen LogP contribution in [0, 0.1) is 5.82 Å². The Kier molecular flexibility index (Phi) is 6.27. The minimum Gasteiger partial charge on any atom is -0.381 e. The zero-order valence-corrected chi connectivity index (χ0v) is 15.8. The van der Waals surface area contributed by atoms with Gasteiger partial charge in [-0.2, -0.15) is 0 Å². The Hall–Kier alpha value is -1.50. The number of hydrogen-bond donors (Lipinski definition) is 1. The summed E-state index contributed by atoms with van der Waals surface area (Å²) in [5, 5.41) is 3.20. The molecule has 0 radical (unpaired) electrons. The molecular weight excluding hydrogens is 333 g/mol. The minimum absolute atomic E-state index is 0.0195. The average Bonchev–Trinajstić information content (AvgIpc) is 3.10. The zero-order chi connectivity index (χ0) is 18.6. The van der Waals surface area contributed by atoms with E-state index >= 15 is 0 Å². The first-order valence-electron chi connectivity index (χ1n) is 9.52. The van der Waals surface area contributed by atoms with Gasteiger partial charge in [-0.05, 0) is 64.0 Å². The molecule has 1 aromatic carbocycles. The minimum atomic E-state index is -0.227. The quantitative estimate of drug-likeness (QED) is 0.840. The molecular formula is C20H30FN3O2. The van der Waals surface area contributed by atoms with Crippen LogP contribution in [-0.2, 0) is 16.1 Å². The van der Waals surface area contributed by atoms with E-state index in [1.54, 1.807) is 12.1 Å². The van der Waals surface area contributed by atoms with Crippen molar-refractivity contribution < 1.29 is 13.9 Å². The summed E-state index contributed by atoms with van der Waals surface area (Å²) in [6, 6.07) is 6.45. The Morgan fingerprint density at radius 1 is 1.31 bits per heavy atom. The second-order valence-corrected chi connectivity index (χ2v) is 7.70. The number of benzene rings is 1. The molecule has 144 valence electrons. The van der Waals surface area contributed by atoms with Gasteiger partial charge in [0.15, 0.2) is 0 Å². The van der Waals surface area contributed by atoms with Crippen LogP contribution in [0.3, 0.4) is 0 Å². The predicted octanol–water partition coefficient (Wildman–Crippen LogP) is 2.02. The van der Waals surface area contributed by atoms with Crippen LogP contribution in [-0.4, -0.2) is 67.7 Å². The molecule has 1 aromatic rings. The molecule has 3 rings (SSSR count). The van der Waals surface area contributed by atoms with Gasteiger partial charge < -0.3 is 15.0 Å². The number of carbonyl (C=O) groups is 1. The lowest BCUT2D eigenvalue weighted by molar-refractivity contribution is -0.126. The first-order valence-corrected chi connectivity index (χ1v) is 9.52. The maximum atomic E-state index is 13.1. The van der Waals surface area contributed by atoms with Crippen molar-refractivity contribution in [3.05, 3.63) is 35.6 Å². The lowest BCUT2D eigenvalue weighted by Crippen LogP contribution is -2.57. The van der Waals surface area contributed by atoms with Gasteiger partial charge in [0.2, 0.25) is 5.91 Å². The van der Waals surface area contributed by atoms with E-state index in [9.17, 15) is 9.18 Å². The van der Waals surface area contributed by atoms with Gasteiger partial charge in [-0.25, -0.2) is 4.39 Å². The Balaban J connectivity index is 1.58. The number of ether oxygens (including phenoxy) is 1. The van der Waals surface area contributed by atoms with Gasteiger partial charge in [0, 0.05) is 31.8 Å². The SMILES string of the molecule is CN(C)C1(CNC(=O)C2CCCN2Cc2ccc(F)cc2)CCOCC1. The van der Waals surface area contributed by atoms with E-state index in [-0.39, 0.29) is 23.3 Å². The standard InChI is InChI=1S/C20H30FN3O2/c1-23(2)20(9-12-26-13-10-20)15-22-19(25)18-4-3-11-24(18)14-16-5-7-17(21)8-6-16/h5-8,18H,3-4,9-15H2,1-2H3,(H,22,25). The highest BCUT2D eigenvalue weighted by Crippen LogP contribution is 2.26. The molecule has 1 unspecified atom stereocenters. The van der Waals surface area contributed by atoms with Crippen molar-refractivity contribution in [2.75, 3.05) is 40.4 Å². The zero-order valence-electron chi connectivity index (χ0n) is 15.8. The average molecular weight is 363 g/mol. The molecule has 0 aliphatic carbocycles. The summed E-state index contributed by atoms with van der Waals surface area (Å²) in [4.78, 5) is 17.3. The molecule has 1 amide bonds. The maximum absolute atomic E-state index is 13.1. The third-order valence-electron chi connectivity index (χ3n) is 5.93. The van der Waals surface area contributed by atoms with Gasteiger partial charge in [0.1, 0.15) is 5.82 Å². The number of nitrogens with zero attached hydrogens (tertiary/aromatic N) is 2. The second-order valence-electron chi connectivity index (χ2n) is 7.70. The molecule has 2 saturated heterocycles. The highest BCUT2D eigenvalue weighted by Gasteiger charge is 2.37. The van der Waals surface area contributed by atoms with Crippen LogP contribution in [0.5, 0.6) is 0 Å². The number of hydrogen-bond acceptors (Lipinski definition) is 4. The molecule has 0 spiro atoms. The summed E-state index contributed by atoms with van der Waals surface area (Å²) < 4.78 is 18.6. The van der Waals surface area contributed by atoms with Crippen LogP contribution in [0.25, 0.3) is 0 Å². The fraction of sp³-hybridized carbons (Fsp3) is 0.650. The summed E-state index contributed by atoms with van der Waals surface area (Å²) >= 11 is 0. The van der Waals surface area contributed by atoms with Gasteiger partial charge >= 0.3 is 0 Å². The van der Waals surface area contributed by atoms with Crippen LogP contribution < -0.4 is 5.32 Å². The van der Waals surface area contributed by atoms with Crippen LogP contribution in [0.1, 0.15) is 31.2 Å². The molecule has 5 nitrogen and oxygen atoms in total. The molecule has 0 bridgehead atoms. The van der Waals surface area contributed by atoms with E-state index in [0.29, 0.717) is 13.1 Å². The van der Waals surface area contributed by atoms with Crippen molar-refractivity contribution in [2.24, 2.45) is 0 Å². The van der Waals surface area contributed by atoms with Gasteiger partial charge in [0.05, 0.1) is 6.04 Å². The highest BCUT2D eigenvalue weighted by atomic mass is 19.1. The number of carbonyl (C=O) groups excluding carboxylic acids is 1. The summed E-state index contributed by atoms with van der Waals surface area (Å²) in [7, 11) is 4.15. The van der Waals surface area contributed by atoms with Crippen LogP contribution in [0.2, 0.25) is 0 Å². The summed E-state index contributed by atoms with van der Waals surface area (Å²) in [5.41, 5.74) is 1.02. The first-order chi connectivity index (χ1) is 12.5. The van der Waals surface area contributed by atoms with Crippen molar-refractivity contribution in [1.82, 2.24) is 15.1 Å². The van der Waals surface area contributed by atoms with Crippen molar-refractivity contribution in [3.63, 3.8) is 0 Å². The van der Waals surface area contributed by atoms with Crippen molar-refractivity contribution in [1.29, 1.82) is 0 Å². The second kappa shape index (κ2) is 8.46. The van der Waals surface area contributed by atoms with E-state index in [4.69, 9.17) is 4.74 Å². The number of rotatable bonds is 6. The lowest BCUT2D eigenvalue weighted by atomic mass is 9.88. The molecule has 26 heavy (non-hydrogen) atoms. The van der Waals surface area contributed by atoms with Crippen molar-refractivity contribution in [3.8, 4) is 0 Å². The van der Waals surface area contributed by atoms with Gasteiger partial charge in [-0.1, -0.05) is 12.1 Å². The van der Waals surface area contributed by atoms with Crippen LogP contribution in [0.4, 0.5) is 4.39 Å². The Morgan fingerprint density at radius 3 is 2.65 bits per heavy atom. The van der Waals surface area contributed by atoms with Crippen molar-refractivity contribution in [2.45, 2.75) is 43.8 Å². The Bertz CT molecular complexity index is 600. The fourth-order valence-electron chi connectivity index (χ4n) is 4.04. The third kappa shape index (κ3) is 4.42. The highest BCUT2D eigenvalue weighted by molar-refractivity contribution is 5.82. The molecule has 0 aromatic heterocycles. The topological polar surface area (TPSA) is 44.8 Å². The number of amides is 1. The Labute approximate surface area is 155 Å². The normalized spacial score (nSPS) is 23.3. The van der Waals surface area contributed by atoms with E-state index < -0.39 is 0 Å². The number of halogens is 1. The molecule has 1 atom stereocenters. The number of likely N-dealkylation sites (tertiary alicyclic amines) is 1. The molecule has 2 fully saturated rings. The molecule has 1 N–H and O–H groups in total. The lowest BCUT2D eigenvalue weighted by Gasteiger charge is -2.43. The fourth-order valence-corrected chi connectivity index (χ4v) is 4.04. The van der Waals surface area contributed by atoms with Crippen molar-refractivity contribution >= 4 is 5.91 Å². The largest absolute Gasteiger partial charge is 0.381 e. The first kappa shape index (κ1) is 19.3. The van der Waals surface area contributed by atoms with Gasteiger partial charge in [0.25, 0.3) is 0 Å². The molecule has 2 aliphatic heterocycles. The van der Waals surface area contributed by atoms with Crippen LogP contribution in [0.15, 0.2) is 24.3 Å². The number of nitrogens with one attached hydrogen (secondary N) is 1. The van der Waals surface area contributed by atoms with Gasteiger partial charge in [-0.15, -0.1) is 0 Å². The molecule has 0 saturated carbocycles. The van der Waals surface area contributed by atoms with E-state index in [1.165, 1.54) is 12.1 Å². The molecule has 6 heteroatoms. The third-order valence-corrected chi connectivity index (χ3v) is 5.93.